The van der Waals surface area contributed by atoms with Gasteiger partial charge in [0.1, 0.15) is 12.9 Å². The molecule has 0 unspecified atom stereocenters. The number of fused-ring (bicyclic) bond motifs is 1. The minimum atomic E-state index is -0.330. The van der Waals surface area contributed by atoms with Crippen molar-refractivity contribution in [2.45, 2.75) is 26.9 Å². The predicted molar refractivity (Wildman–Crippen MR) is 118 cm³/mol. The molecule has 5 rings (SSSR count). The van der Waals surface area contributed by atoms with Gasteiger partial charge in [-0.25, -0.2) is 9.67 Å². The van der Waals surface area contributed by atoms with E-state index in [1.165, 1.54) is 16.5 Å². The van der Waals surface area contributed by atoms with Crippen LogP contribution < -0.4 is 5.56 Å². The molecule has 2 aromatic carbocycles. The fraction of sp³-hybridized carbons (Fsp3) is 0.182. The maximum absolute atomic E-state index is 12.9. The lowest BCUT2D eigenvalue weighted by Crippen LogP contribution is -2.21. The van der Waals surface area contributed by atoms with E-state index in [0.29, 0.717) is 28.9 Å². The molecule has 160 valence electrons. The van der Waals surface area contributed by atoms with Gasteiger partial charge in [0.15, 0.2) is 11.2 Å². The SMILES string of the molecule is Cc1ccc(-c2noc(Cn3cnc4c(nnn4Cc4ccc(Cl)cc4)c3=O)n2)cc1C. The van der Waals surface area contributed by atoms with Crippen LogP contribution in [0.1, 0.15) is 22.6 Å². The van der Waals surface area contributed by atoms with Crippen molar-refractivity contribution in [2.75, 3.05) is 0 Å². The summed E-state index contributed by atoms with van der Waals surface area (Å²) >= 11 is 5.93. The highest BCUT2D eigenvalue weighted by Crippen LogP contribution is 2.19. The van der Waals surface area contributed by atoms with Crippen LogP contribution in [0.2, 0.25) is 5.02 Å². The molecule has 32 heavy (non-hydrogen) atoms. The molecule has 0 N–H and O–H groups in total. The van der Waals surface area contributed by atoms with Gasteiger partial charge in [0, 0.05) is 10.6 Å². The van der Waals surface area contributed by atoms with E-state index in [-0.39, 0.29) is 17.6 Å². The lowest BCUT2D eigenvalue weighted by molar-refractivity contribution is 0.369. The summed E-state index contributed by atoms with van der Waals surface area (Å²) in [5, 5.41) is 12.8. The number of hydrogen-bond donors (Lipinski definition) is 0. The Morgan fingerprint density at radius 3 is 2.62 bits per heavy atom. The zero-order valence-corrected chi connectivity index (χ0v) is 18.1. The summed E-state index contributed by atoms with van der Waals surface area (Å²) in [4.78, 5) is 21.7. The Balaban J connectivity index is 1.40. The molecular weight excluding hydrogens is 430 g/mol. The number of aryl methyl sites for hydroxylation is 2. The summed E-state index contributed by atoms with van der Waals surface area (Å²) in [5.74, 6) is 0.772. The Bertz CT molecular complexity index is 1480. The summed E-state index contributed by atoms with van der Waals surface area (Å²) < 4.78 is 8.31. The Labute approximate surface area is 187 Å². The fourth-order valence-corrected chi connectivity index (χ4v) is 3.46. The van der Waals surface area contributed by atoms with E-state index in [2.05, 4.69) is 25.4 Å². The van der Waals surface area contributed by atoms with Crippen molar-refractivity contribution in [1.82, 2.24) is 34.7 Å². The van der Waals surface area contributed by atoms with Gasteiger partial charge < -0.3 is 4.52 Å². The average molecular weight is 448 g/mol. The molecule has 0 amide bonds. The van der Waals surface area contributed by atoms with Gasteiger partial charge in [-0.05, 0) is 48.7 Å². The number of benzene rings is 2. The predicted octanol–water partition coefficient (Wildman–Crippen LogP) is 3.40. The third-order valence-corrected chi connectivity index (χ3v) is 5.53. The average Bonchev–Trinajstić information content (AvgIpc) is 3.41. The number of aromatic nitrogens is 7. The van der Waals surface area contributed by atoms with Crippen LogP contribution in [0.4, 0.5) is 0 Å². The summed E-state index contributed by atoms with van der Waals surface area (Å²) in [6.07, 6.45) is 1.44. The molecule has 5 aromatic rings. The molecule has 10 heteroatoms. The fourth-order valence-electron chi connectivity index (χ4n) is 3.33. The van der Waals surface area contributed by atoms with Crippen molar-refractivity contribution in [3.63, 3.8) is 0 Å². The van der Waals surface area contributed by atoms with Crippen molar-refractivity contribution >= 4 is 22.8 Å². The van der Waals surface area contributed by atoms with Crippen LogP contribution in [0, 0.1) is 13.8 Å². The largest absolute Gasteiger partial charge is 0.337 e. The molecule has 0 saturated heterocycles. The van der Waals surface area contributed by atoms with Gasteiger partial charge in [0.25, 0.3) is 5.56 Å². The molecule has 0 radical (unpaired) electrons. The third-order valence-electron chi connectivity index (χ3n) is 5.28. The number of nitrogens with zero attached hydrogens (tertiary/aromatic N) is 7. The Kier molecular flexibility index (Phi) is 5.02. The summed E-state index contributed by atoms with van der Waals surface area (Å²) in [7, 11) is 0. The van der Waals surface area contributed by atoms with Crippen molar-refractivity contribution in [3.8, 4) is 11.4 Å². The molecule has 0 aliphatic rings. The highest BCUT2D eigenvalue weighted by Gasteiger charge is 2.15. The molecule has 9 nitrogen and oxygen atoms in total. The van der Waals surface area contributed by atoms with Gasteiger partial charge in [0.05, 0.1) is 6.54 Å². The molecule has 0 atom stereocenters. The molecule has 0 spiro atoms. The van der Waals surface area contributed by atoms with Gasteiger partial charge in [-0.3, -0.25) is 9.36 Å². The molecule has 0 aliphatic heterocycles. The van der Waals surface area contributed by atoms with Crippen LogP contribution >= 0.6 is 11.6 Å². The summed E-state index contributed by atoms with van der Waals surface area (Å²) in [6.45, 7) is 4.58. The lowest BCUT2D eigenvalue weighted by atomic mass is 10.1. The highest BCUT2D eigenvalue weighted by atomic mass is 35.5. The quantitative estimate of drug-likeness (QED) is 0.406. The van der Waals surface area contributed by atoms with Crippen LogP contribution in [0.5, 0.6) is 0 Å². The van der Waals surface area contributed by atoms with Crippen LogP contribution in [0.3, 0.4) is 0 Å². The van der Waals surface area contributed by atoms with Gasteiger partial charge in [-0.1, -0.05) is 46.2 Å². The zero-order valence-electron chi connectivity index (χ0n) is 17.4. The smallest absolute Gasteiger partial charge is 0.283 e. The summed E-state index contributed by atoms with van der Waals surface area (Å²) in [5.41, 5.74) is 4.40. The van der Waals surface area contributed by atoms with Gasteiger partial charge in [0.2, 0.25) is 11.7 Å². The van der Waals surface area contributed by atoms with Gasteiger partial charge in [-0.2, -0.15) is 4.98 Å². The standard InChI is InChI=1S/C22H18ClN7O2/c1-13-3-6-16(9-14(13)2)20-25-18(32-27-20)11-29-12-24-21-19(22(29)31)26-28-30(21)10-15-4-7-17(23)8-5-15/h3-9,12H,10-11H2,1-2H3. The Hall–Kier alpha value is -3.85. The third kappa shape index (κ3) is 3.78. The molecule has 3 aromatic heterocycles. The van der Waals surface area contributed by atoms with Crippen LogP contribution in [0.25, 0.3) is 22.6 Å². The first-order chi connectivity index (χ1) is 15.5. The van der Waals surface area contributed by atoms with Crippen molar-refractivity contribution in [3.05, 3.63) is 86.7 Å². The number of halogens is 1. The van der Waals surface area contributed by atoms with E-state index in [1.807, 2.05) is 44.2 Å². The molecule has 0 saturated carbocycles. The van der Waals surface area contributed by atoms with Crippen molar-refractivity contribution in [2.24, 2.45) is 0 Å². The lowest BCUT2D eigenvalue weighted by Gasteiger charge is -2.04. The van der Waals surface area contributed by atoms with Crippen LogP contribution in [-0.2, 0) is 13.1 Å². The molecular formula is C22H18ClN7O2. The van der Waals surface area contributed by atoms with Crippen molar-refractivity contribution in [1.29, 1.82) is 0 Å². The van der Waals surface area contributed by atoms with Gasteiger partial charge >= 0.3 is 0 Å². The topological polar surface area (TPSA) is 105 Å². The molecule has 0 aliphatic carbocycles. The maximum Gasteiger partial charge on any atom is 0.283 e. The maximum atomic E-state index is 12.9. The number of rotatable bonds is 5. The second-order valence-corrected chi connectivity index (χ2v) is 7.97. The minimum Gasteiger partial charge on any atom is -0.337 e. The second-order valence-electron chi connectivity index (χ2n) is 7.53. The van der Waals surface area contributed by atoms with Crippen LogP contribution in [0.15, 0.2) is 58.1 Å². The first kappa shape index (κ1) is 20.1. The zero-order chi connectivity index (χ0) is 22.2. The first-order valence-electron chi connectivity index (χ1n) is 9.91. The molecule has 0 bridgehead atoms. The summed E-state index contributed by atoms with van der Waals surface area (Å²) in [6, 6.07) is 13.3. The van der Waals surface area contributed by atoms with Crippen molar-refractivity contribution < 1.29 is 4.52 Å². The Morgan fingerprint density at radius 1 is 1.03 bits per heavy atom. The van der Waals surface area contributed by atoms with E-state index < -0.39 is 0 Å². The number of hydrogen-bond acceptors (Lipinski definition) is 7. The second kappa shape index (κ2) is 8.01. The first-order valence-corrected chi connectivity index (χ1v) is 10.3. The normalized spacial score (nSPS) is 11.3. The van der Waals surface area contributed by atoms with Crippen LogP contribution in [-0.4, -0.2) is 34.7 Å². The van der Waals surface area contributed by atoms with E-state index in [4.69, 9.17) is 16.1 Å². The molecule has 3 heterocycles. The van der Waals surface area contributed by atoms with Gasteiger partial charge in [-0.15, -0.1) is 5.10 Å². The molecule has 0 fully saturated rings. The van der Waals surface area contributed by atoms with E-state index in [1.54, 1.807) is 16.8 Å². The van der Waals surface area contributed by atoms with E-state index in [0.717, 1.165) is 16.7 Å². The minimum absolute atomic E-state index is 0.0870. The monoisotopic (exact) mass is 447 g/mol. The van der Waals surface area contributed by atoms with E-state index in [9.17, 15) is 4.79 Å². The Morgan fingerprint density at radius 2 is 1.84 bits per heavy atom. The van der Waals surface area contributed by atoms with E-state index >= 15 is 0 Å². The highest BCUT2D eigenvalue weighted by molar-refractivity contribution is 6.30.